The predicted molar refractivity (Wildman–Crippen MR) is 96.9 cm³/mol. The van der Waals surface area contributed by atoms with E-state index in [0.717, 1.165) is 51.7 Å². The normalized spacial score (nSPS) is 31.3. The van der Waals surface area contributed by atoms with E-state index in [-0.39, 0.29) is 34.1 Å². The molecule has 25 heavy (non-hydrogen) atoms. The minimum Gasteiger partial charge on any atom is -0.381 e. The highest BCUT2D eigenvalue weighted by Crippen LogP contribution is 2.55. The van der Waals surface area contributed by atoms with Crippen molar-refractivity contribution in [1.29, 1.82) is 0 Å². The molecule has 1 saturated heterocycles. The van der Waals surface area contributed by atoms with Gasteiger partial charge < -0.3 is 15.4 Å². The number of amides is 2. The Morgan fingerprint density at radius 2 is 1.84 bits per heavy atom. The first-order valence-corrected chi connectivity index (χ1v) is 9.90. The summed E-state index contributed by atoms with van der Waals surface area (Å²) in [6, 6.07) is 0. The molecule has 2 N–H and O–H groups in total. The molecule has 2 aliphatic carbocycles. The SMILES string of the molecule is CCC1(C)CC1C(=O)NC1(CNC(=O)C(C)(C)C2CCOCC2)CC1. The molecule has 0 bridgehead atoms. The van der Waals surface area contributed by atoms with E-state index in [1.54, 1.807) is 0 Å². The summed E-state index contributed by atoms with van der Waals surface area (Å²) in [5.41, 5.74) is -0.397. The fraction of sp³-hybridized carbons (Fsp3) is 0.900. The van der Waals surface area contributed by atoms with Crippen LogP contribution in [0.15, 0.2) is 0 Å². The lowest BCUT2D eigenvalue weighted by Crippen LogP contribution is -2.50. The lowest BCUT2D eigenvalue weighted by Gasteiger charge is -2.36. The van der Waals surface area contributed by atoms with Crippen molar-refractivity contribution >= 4 is 11.8 Å². The van der Waals surface area contributed by atoms with Crippen LogP contribution in [0.2, 0.25) is 0 Å². The molecule has 2 unspecified atom stereocenters. The summed E-state index contributed by atoms with van der Waals surface area (Å²) in [5, 5.41) is 6.36. The highest BCUT2D eigenvalue weighted by atomic mass is 16.5. The van der Waals surface area contributed by atoms with Crippen LogP contribution < -0.4 is 10.6 Å². The monoisotopic (exact) mass is 350 g/mol. The molecule has 2 saturated carbocycles. The van der Waals surface area contributed by atoms with Gasteiger partial charge in [-0.25, -0.2) is 0 Å². The summed E-state index contributed by atoms with van der Waals surface area (Å²) in [6.45, 7) is 10.5. The number of rotatable bonds is 7. The maximum atomic E-state index is 12.8. The molecule has 3 rings (SSSR count). The Kier molecular flexibility index (Phi) is 4.91. The molecule has 2 atom stereocenters. The number of carbonyl (C=O) groups excluding carboxylic acids is 2. The van der Waals surface area contributed by atoms with Gasteiger partial charge in [0.05, 0.1) is 5.54 Å². The maximum absolute atomic E-state index is 12.8. The second-order valence-electron chi connectivity index (χ2n) is 9.32. The van der Waals surface area contributed by atoms with Gasteiger partial charge in [0.15, 0.2) is 0 Å². The Bertz CT molecular complexity index is 535. The van der Waals surface area contributed by atoms with Crippen molar-refractivity contribution in [3.63, 3.8) is 0 Å². The molecule has 3 aliphatic rings. The Labute approximate surface area is 151 Å². The van der Waals surface area contributed by atoms with Gasteiger partial charge in [-0.2, -0.15) is 0 Å². The van der Waals surface area contributed by atoms with E-state index >= 15 is 0 Å². The summed E-state index contributed by atoms with van der Waals surface area (Å²) in [7, 11) is 0. The Balaban J connectivity index is 1.49. The van der Waals surface area contributed by atoms with Crippen LogP contribution in [0.4, 0.5) is 0 Å². The molecule has 2 amide bonds. The summed E-state index contributed by atoms with van der Waals surface area (Å²) < 4.78 is 5.42. The van der Waals surface area contributed by atoms with E-state index in [2.05, 4.69) is 24.5 Å². The highest BCUT2D eigenvalue weighted by molar-refractivity contribution is 5.84. The first-order chi connectivity index (χ1) is 11.7. The third-order valence-corrected chi connectivity index (χ3v) is 7.13. The average molecular weight is 351 g/mol. The fourth-order valence-corrected chi connectivity index (χ4v) is 4.13. The molecule has 5 nitrogen and oxygen atoms in total. The van der Waals surface area contributed by atoms with Crippen LogP contribution in [-0.2, 0) is 14.3 Å². The van der Waals surface area contributed by atoms with E-state index in [4.69, 9.17) is 4.74 Å². The van der Waals surface area contributed by atoms with Gasteiger partial charge in [0, 0.05) is 31.1 Å². The van der Waals surface area contributed by atoms with Crippen molar-refractivity contribution in [2.24, 2.45) is 22.7 Å². The third-order valence-electron chi connectivity index (χ3n) is 7.13. The van der Waals surface area contributed by atoms with Crippen molar-refractivity contribution in [3.05, 3.63) is 0 Å². The zero-order valence-corrected chi connectivity index (χ0v) is 16.2. The van der Waals surface area contributed by atoms with Crippen LogP contribution in [0.3, 0.4) is 0 Å². The average Bonchev–Trinajstić information content (AvgIpc) is 3.51. The second kappa shape index (κ2) is 6.57. The fourth-order valence-electron chi connectivity index (χ4n) is 4.13. The third kappa shape index (κ3) is 3.86. The van der Waals surface area contributed by atoms with Gasteiger partial charge in [0.2, 0.25) is 11.8 Å². The van der Waals surface area contributed by atoms with E-state index in [1.807, 2.05) is 13.8 Å². The molecular formula is C20H34N2O3. The number of carbonyl (C=O) groups is 2. The zero-order valence-electron chi connectivity index (χ0n) is 16.2. The number of hydrogen-bond acceptors (Lipinski definition) is 3. The summed E-state index contributed by atoms with van der Waals surface area (Å²) in [4.78, 5) is 25.2. The van der Waals surface area contributed by atoms with Gasteiger partial charge in [-0.05, 0) is 49.9 Å². The molecule has 5 heteroatoms. The van der Waals surface area contributed by atoms with Crippen molar-refractivity contribution < 1.29 is 14.3 Å². The van der Waals surface area contributed by atoms with Crippen LogP contribution in [0.1, 0.15) is 66.2 Å². The quantitative estimate of drug-likeness (QED) is 0.742. The van der Waals surface area contributed by atoms with E-state index < -0.39 is 0 Å². The lowest BCUT2D eigenvalue weighted by atomic mass is 9.74. The summed E-state index contributed by atoms with van der Waals surface area (Å²) in [6.07, 6.45) is 5.86. The smallest absolute Gasteiger partial charge is 0.226 e. The van der Waals surface area contributed by atoms with Gasteiger partial charge in [-0.15, -0.1) is 0 Å². The largest absolute Gasteiger partial charge is 0.381 e. The maximum Gasteiger partial charge on any atom is 0.226 e. The number of ether oxygens (including phenoxy) is 1. The van der Waals surface area contributed by atoms with Gasteiger partial charge in [-0.3, -0.25) is 9.59 Å². The minimum atomic E-state index is -0.388. The van der Waals surface area contributed by atoms with Crippen LogP contribution in [0.25, 0.3) is 0 Å². The minimum absolute atomic E-state index is 0.102. The number of hydrogen-bond donors (Lipinski definition) is 2. The topological polar surface area (TPSA) is 67.4 Å². The van der Waals surface area contributed by atoms with Gasteiger partial charge >= 0.3 is 0 Å². The van der Waals surface area contributed by atoms with E-state index in [9.17, 15) is 9.59 Å². The Hall–Kier alpha value is -1.10. The molecule has 1 heterocycles. The van der Waals surface area contributed by atoms with Crippen LogP contribution in [0.5, 0.6) is 0 Å². The van der Waals surface area contributed by atoms with Gasteiger partial charge in [0.25, 0.3) is 0 Å². The number of nitrogens with one attached hydrogen (secondary N) is 2. The van der Waals surface area contributed by atoms with E-state index in [0.29, 0.717) is 12.5 Å². The van der Waals surface area contributed by atoms with Gasteiger partial charge in [-0.1, -0.05) is 27.7 Å². The predicted octanol–water partition coefficient (Wildman–Crippen LogP) is 2.64. The van der Waals surface area contributed by atoms with Crippen LogP contribution >= 0.6 is 0 Å². The molecule has 0 aromatic rings. The molecular weight excluding hydrogens is 316 g/mol. The molecule has 0 aromatic carbocycles. The van der Waals surface area contributed by atoms with Crippen molar-refractivity contribution in [2.75, 3.05) is 19.8 Å². The molecule has 0 aromatic heterocycles. The zero-order chi connectivity index (χ0) is 18.3. The summed E-state index contributed by atoms with van der Waals surface area (Å²) in [5.74, 6) is 0.802. The van der Waals surface area contributed by atoms with E-state index in [1.165, 1.54) is 0 Å². The highest BCUT2D eigenvalue weighted by Gasteiger charge is 2.55. The van der Waals surface area contributed by atoms with Gasteiger partial charge in [0.1, 0.15) is 0 Å². The second-order valence-corrected chi connectivity index (χ2v) is 9.32. The first-order valence-electron chi connectivity index (χ1n) is 9.90. The van der Waals surface area contributed by atoms with Crippen molar-refractivity contribution in [2.45, 2.75) is 71.8 Å². The van der Waals surface area contributed by atoms with Crippen LogP contribution in [0, 0.1) is 22.7 Å². The van der Waals surface area contributed by atoms with Crippen molar-refractivity contribution in [1.82, 2.24) is 10.6 Å². The standard InChI is InChI=1S/C20H34N2O3/c1-5-19(4)12-15(19)16(23)22-20(8-9-20)13-21-17(24)18(2,3)14-6-10-25-11-7-14/h14-15H,5-13H2,1-4H3,(H,21,24)(H,22,23). The molecule has 1 aliphatic heterocycles. The molecule has 0 spiro atoms. The van der Waals surface area contributed by atoms with Crippen molar-refractivity contribution in [3.8, 4) is 0 Å². The first kappa shape index (κ1) is 18.7. The lowest BCUT2D eigenvalue weighted by molar-refractivity contribution is -0.134. The molecule has 142 valence electrons. The Morgan fingerprint density at radius 3 is 2.36 bits per heavy atom. The van der Waals surface area contributed by atoms with Crippen LogP contribution in [-0.4, -0.2) is 37.1 Å². The Morgan fingerprint density at radius 1 is 1.20 bits per heavy atom. The summed E-state index contributed by atoms with van der Waals surface area (Å²) >= 11 is 0. The molecule has 3 fully saturated rings. The molecule has 0 radical (unpaired) electrons.